The summed E-state index contributed by atoms with van der Waals surface area (Å²) in [5, 5.41) is 20.1. The molecule has 1 unspecified atom stereocenters. The predicted molar refractivity (Wildman–Crippen MR) is 153 cm³/mol. The summed E-state index contributed by atoms with van der Waals surface area (Å²) in [7, 11) is 1.83. The summed E-state index contributed by atoms with van der Waals surface area (Å²) in [6, 6.07) is 19.7. The lowest BCUT2D eigenvalue weighted by molar-refractivity contribution is -0.130. The Labute approximate surface area is 237 Å². The zero-order chi connectivity index (χ0) is 26.6. The van der Waals surface area contributed by atoms with E-state index >= 15 is 0 Å². The smallest absolute Gasteiger partial charge is 0.261 e. The minimum absolute atomic E-state index is 0.108. The van der Waals surface area contributed by atoms with Crippen molar-refractivity contribution in [1.82, 2.24) is 25.1 Å². The van der Waals surface area contributed by atoms with Crippen LogP contribution in [0.3, 0.4) is 0 Å². The molecule has 0 saturated heterocycles. The second-order valence-electron chi connectivity index (χ2n) is 8.83. The number of carbonyl (C=O) groups excluding carboxylic acids is 2. The summed E-state index contributed by atoms with van der Waals surface area (Å²) in [6.07, 6.45) is 0.638. The zero-order valence-corrected chi connectivity index (χ0v) is 24.0. The number of nitrogens with zero attached hydrogens (tertiary/aromatic N) is 5. The second kappa shape index (κ2) is 11.6. The molecule has 1 atom stereocenters. The summed E-state index contributed by atoms with van der Waals surface area (Å²) in [4.78, 5) is 26.3. The first kappa shape index (κ1) is 26.3. The molecule has 38 heavy (non-hydrogen) atoms. The number of thioether (sulfide) groups is 1. The van der Waals surface area contributed by atoms with Gasteiger partial charge < -0.3 is 9.88 Å². The van der Waals surface area contributed by atoms with E-state index in [1.807, 2.05) is 49.7 Å². The van der Waals surface area contributed by atoms with Crippen LogP contribution in [0.2, 0.25) is 0 Å². The molecule has 11 heteroatoms. The Morgan fingerprint density at radius 1 is 1.11 bits per heavy atom. The van der Waals surface area contributed by atoms with Crippen molar-refractivity contribution < 1.29 is 9.59 Å². The highest BCUT2D eigenvalue weighted by Gasteiger charge is 2.33. The molecule has 0 spiro atoms. The van der Waals surface area contributed by atoms with E-state index in [4.69, 9.17) is 5.10 Å². The van der Waals surface area contributed by atoms with Gasteiger partial charge in [-0.3, -0.25) is 9.59 Å². The van der Waals surface area contributed by atoms with Gasteiger partial charge in [-0.25, -0.2) is 5.01 Å². The van der Waals surface area contributed by atoms with Crippen LogP contribution in [0, 0.1) is 6.92 Å². The lowest BCUT2D eigenvalue weighted by atomic mass is 9.98. The average Bonchev–Trinajstić information content (AvgIpc) is 3.68. The minimum atomic E-state index is -0.176. The molecule has 8 nitrogen and oxygen atoms in total. The number of thiophene rings is 1. The molecule has 194 valence electrons. The number of aromatic nitrogens is 3. The van der Waals surface area contributed by atoms with E-state index in [2.05, 4.69) is 55.7 Å². The summed E-state index contributed by atoms with van der Waals surface area (Å²) in [6.45, 7) is 2.29. The van der Waals surface area contributed by atoms with Gasteiger partial charge in [0.2, 0.25) is 0 Å². The van der Waals surface area contributed by atoms with Gasteiger partial charge in [0.15, 0.2) is 11.0 Å². The fourth-order valence-electron chi connectivity index (χ4n) is 4.08. The van der Waals surface area contributed by atoms with Crippen molar-refractivity contribution in [2.75, 3.05) is 5.75 Å². The van der Waals surface area contributed by atoms with Gasteiger partial charge in [-0.05, 0) is 41.6 Å². The van der Waals surface area contributed by atoms with E-state index in [0.717, 1.165) is 21.3 Å². The maximum atomic E-state index is 13.4. The molecular weight excluding hydrogens is 584 g/mol. The third-order valence-corrected chi connectivity index (χ3v) is 8.61. The fourth-order valence-corrected chi connectivity index (χ4v) is 5.76. The molecule has 1 N–H and O–H groups in total. The Bertz CT molecular complexity index is 1470. The van der Waals surface area contributed by atoms with E-state index in [1.165, 1.54) is 28.7 Å². The molecule has 0 saturated carbocycles. The van der Waals surface area contributed by atoms with E-state index < -0.39 is 0 Å². The number of halogens is 1. The second-order valence-corrected chi connectivity index (χ2v) is 11.6. The topological polar surface area (TPSA) is 92.5 Å². The van der Waals surface area contributed by atoms with Crippen molar-refractivity contribution in [3.05, 3.63) is 97.9 Å². The molecule has 0 radical (unpaired) electrons. The fraction of sp³-hybridized carbons (Fsp3) is 0.222. The van der Waals surface area contributed by atoms with Crippen LogP contribution < -0.4 is 5.32 Å². The van der Waals surface area contributed by atoms with Gasteiger partial charge in [-0.2, -0.15) is 5.10 Å². The Morgan fingerprint density at radius 3 is 2.58 bits per heavy atom. The number of hydrogen-bond acceptors (Lipinski definition) is 7. The van der Waals surface area contributed by atoms with Crippen LogP contribution in [0.5, 0.6) is 0 Å². The van der Waals surface area contributed by atoms with E-state index in [0.29, 0.717) is 22.3 Å². The van der Waals surface area contributed by atoms with Crippen molar-refractivity contribution in [3.63, 3.8) is 0 Å². The number of nitrogens with one attached hydrogen (secondary N) is 1. The van der Waals surface area contributed by atoms with Crippen LogP contribution in [0.1, 0.15) is 44.6 Å². The molecule has 0 fully saturated rings. The average molecular weight is 610 g/mol. The molecule has 2 aromatic heterocycles. The predicted octanol–water partition coefficient (Wildman–Crippen LogP) is 5.35. The van der Waals surface area contributed by atoms with Crippen LogP contribution in [-0.2, 0) is 18.4 Å². The number of carbonyl (C=O) groups is 2. The van der Waals surface area contributed by atoms with Crippen molar-refractivity contribution in [1.29, 1.82) is 0 Å². The number of amides is 2. The highest BCUT2D eigenvalue weighted by molar-refractivity contribution is 9.10. The van der Waals surface area contributed by atoms with Crippen LogP contribution in [0.4, 0.5) is 0 Å². The SMILES string of the molecule is Cc1ccc(C2CC(c3ccc(Br)cc3)=NN2C(=O)CSc2nnc(CNC(=O)c3cccs3)n2C)cc1. The van der Waals surface area contributed by atoms with Crippen LogP contribution in [0.25, 0.3) is 0 Å². The molecular formula is C27H25BrN6O2S2. The summed E-state index contributed by atoms with van der Waals surface area (Å²) >= 11 is 6.17. The Morgan fingerprint density at radius 2 is 1.87 bits per heavy atom. The summed E-state index contributed by atoms with van der Waals surface area (Å²) in [5.41, 5.74) is 4.09. The number of aryl methyl sites for hydroxylation is 1. The first-order valence-electron chi connectivity index (χ1n) is 11.9. The molecule has 2 amide bonds. The largest absolute Gasteiger partial charge is 0.344 e. The number of hydrogen-bond donors (Lipinski definition) is 1. The number of hydrazone groups is 1. The maximum Gasteiger partial charge on any atom is 0.261 e. The molecule has 4 aromatic rings. The van der Waals surface area contributed by atoms with Gasteiger partial charge >= 0.3 is 0 Å². The molecule has 3 heterocycles. The van der Waals surface area contributed by atoms with Crippen molar-refractivity contribution in [3.8, 4) is 0 Å². The van der Waals surface area contributed by atoms with Crippen molar-refractivity contribution in [2.24, 2.45) is 12.1 Å². The van der Waals surface area contributed by atoms with Crippen molar-refractivity contribution >= 4 is 56.6 Å². The Hall–Kier alpha value is -3.28. The number of benzene rings is 2. The maximum absolute atomic E-state index is 13.4. The normalized spacial score (nSPS) is 15.0. The first-order chi connectivity index (χ1) is 18.4. The molecule has 1 aliphatic rings. The lowest BCUT2D eigenvalue weighted by Gasteiger charge is -2.22. The summed E-state index contributed by atoms with van der Waals surface area (Å²) < 4.78 is 2.79. The molecule has 0 aliphatic carbocycles. The van der Waals surface area contributed by atoms with E-state index in [9.17, 15) is 9.59 Å². The standard InChI is InChI=1S/C27H25BrN6O2S2/c1-17-5-7-19(8-6-17)22-14-21(18-9-11-20(28)12-10-18)32-34(22)25(35)16-38-27-31-30-24(33(27)2)15-29-26(36)23-4-3-13-37-23/h3-13,22H,14-16H2,1-2H3,(H,29,36). The van der Waals surface area contributed by atoms with E-state index in [-0.39, 0.29) is 30.2 Å². The third kappa shape index (κ3) is 5.90. The van der Waals surface area contributed by atoms with Gasteiger partial charge in [0.25, 0.3) is 11.8 Å². The molecule has 1 aliphatic heterocycles. The van der Waals surface area contributed by atoms with Gasteiger partial charge in [0, 0.05) is 17.9 Å². The van der Waals surface area contributed by atoms with Crippen LogP contribution in [-0.4, -0.2) is 43.1 Å². The minimum Gasteiger partial charge on any atom is -0.344 e. The van der Waals surface area contributed by atoms with Gasteiger partial charge in [-0.15, -0.1) is 21.5 Å². The summed E-state index contributed by atoms with van der Waals surface area (Å²) in [5.74, 6) is 0.512. The lowest BCUT2D eigenvalue weighted by Crippen LogP contribution is -2.28. The molecule has 5 rings (SSSR count). The highest BCUT2D eigenvalue weighted by Crippen LogP contribution is 2.34. The molecule has 0 bridgehead atoms. The van der Waals surface area contributed by atoms with Gasteiger partial charge in [0.1, 0.15) is 0 Å². The van der Waals surface area contributed by atoms with Crippen molar-refractivity contribution in [2.45, 2.75) is 31.1 Å². The van der Waals surface area contributed by atoms with Gasteiger partial charge in [0.05, 0.1) is 28.9 Å². The molecule has 2 aromatic carbocycles. The number of rotatable bonds is 8. The van der Waals surface area contributed by atoms with Crippen LogP contribution >= 0.6 is 39.0 Å². The van der Waals surface area contributed by atoms with Gasteiger partial charge in [-0.1, -0.05) is 75.7 Å². The van der Waals surface area contributed by atoms with Crippen LogP contribution in [0.15, 0.2) is 80.8 Å². The monoisotopic (exact) mass is 608 g/mol. The quantitative estimate of drug-likeness (QED) is 0.272. The zero-order valence-electron chi connectivity index (χ0n) is 20.8. The third-order valence-electron chi connectivity index (χ3n) is 6.21. The Balaban J connectivity index is 1.28. The van der Waals surface area contributed by atoms with E-state index in [1.54, 1.807) is 15.6 Å². The Kier molecular flexibility index (Phi) is 8.06. The highest BCUT2D eigenvalue weighted by atomic mass is 79.9. The first-order valence-corrected chi connectivity index (χ1v) is 14.6.